The Labute approximate surface area is 97.6 Å². The highest BCUT2D eigenvalue weighted by molar-refractivity contribution is 9.10. The molecule has 1 amide bonds. The highest BCUT2D eigenvalue weighted by Gasteiger charge is 2.17. The Bertz CT molecular complexity index is 367. The van der Waals surface area contributed by atoms with Crippen molar-refractivity contribution in [2.24, 2.45) is 0 Å². The Hall–Kier alpha value is -0.870. The molecular weight excluding hydrogens is 256 g/mol. The summed E-state index contributed by atoms with van der Waals surface area (Å²) in [5, 5.41) is 3.06. The molecular formula is C11H13BrN2O. The second kappa shape index (κ2) is 4.77. The Balaban J connectivity index is 2.08. The van der Waals surface area contributed by atoms with Crippen LogP contribution in [0, 0.1) is 0 Å². The normalized spacial score (nSPS) is 16.9. The van der Waals surface area contributed by atoms with Crippen LogP contribution < -0.4 is 5.32 Å². The van der Waals surface area contributed by atoms with E-state index in [9.17, 15) is 4.79 Å². The number of hydrogen-bond acceptors (Lipinski definition) is 2. The van der Waals surface area contributed by atoms with Crippen LogP contribution >= 0.6 is 15.9 Å². The zero-order valence-corrected chi connectivity index (χ0v) is 9.96. The average molecular weight is 269 g/mol. The summed E-state index contributed by atoms with van der Waals surface area (Å²) in [6.45, 7) is 2.84. The number of nitrogens with one attached hydrogen (secondary N) is 1. The summed E-state index contributed by atoms with van der Waals surface area (Å²) in [5.74, 6) is 0.178. The third-order valence-electron chi connectivity index (χ3n) is 2.51. The molecule has 80 valence electrons. The van der Waals surface area contributed by atoms with E-state index in [4.69, 9.17) is 0 Å². The average Bonchev–Trinajstić information content (AvgIpc) is 2.24. The fourth-order valence-corrected chi connectivity index (χ4v) is 2.06. The van der Waals surface area contributed by atoms with Gasteiger partial charge < -0.3 is 10.2 Å². The van der Waals surface area contributed by atoms with E-state index in [1.807, 2.05) is 29.2 Å². The first-order valence-corrected chi connectivity index (χ1v) is 5.78. The van der Waals surface area contributed by atoms with Crippen LogP contribution in [0.15, 0.2) is 28.7 Å². The van der Waals surface area contributed by atoms with Crippen LogP contribution in [0.5, 0.6) is 0 Å². The van der Waals surface area contributed by atoms with Gasteiger partial charge in [-0.3, -0.25) is 4.79 Å². The molecule has 1 heterocycles. The van der Waals surface area contributed by atoms with Gasteiger partial charge in [0.2, 0.25) is 5.91 Å². The molecule has 0 aromatic heterocycles. The van der Waals surface area contributed by atoms with Crippen molar-refractivity contribution in [2.45, 2.75) is 6.54 Å². The zero-order valence-electron chi connectivity index (χ0n) is 8.37. The van der Waals surface area contributed by atoms with Crippen LogP contribution in [0.1, 0.15) is 5.56 Å². The first-order chi connectivity index (χ1) is 7.27. The van der Waals surface area contributed by atoms with E-state index in [0.29, 0.717) is 13.1 Å². The van der Waals surface area contributed by atoms with E-state index in [1.54, 1.807) is 0 Å². The molecule has 15 heavy (non-hydrogen) atoms. The predicted octanol–water partition coefficient (Wildman–Crippen LogP) is 1.38. The van der Waals surface area contributed by atoms with Gasteiger partial charge in [-0.25, -0.2) is 0 Å². The predicted molar refractivity (Wildman–Crippen MR) is 62.4 cm³/mol. The standard InChI is InChI=1S/C11H13BrN2O/c12-10-4-2-1-3-9(10)8-14-6-5-13-7-11(14)15/h1-4,13H,5-8H2. The molecule has 1 aromatic carbocycles. The van der Waals surface area contributed by atoms with Crippen LogP contribution in [-0.2, 0) is 11.3 Å². The van der Waals surface area contributed by atoms with E-state index in [-0.39, 0.29) is 5.91 Å². The molecule has 0 spiro atoms. The van der Waals surface area contributed by atoms with E-state index in [2.05, 4.69) is 21.2 Å². The maximum atomic E-state index is 11.6. The Morgan fingerprint density at radius 3 is 2.93 bits per heavy atom. The quantitative estimate of drug-likeness (QED) is 0.879. The first-order valence-electron chi connectivity index (χ1n) is 4.99. The lowest BCUT2D eigenvalue weighted by atomic mass is 10.2. The van der Waals surface area contributed by atoms with Crippen molar-refractivity contribution < 1.29 is 4.79 Å². The molecule has 1 aromatic rings. The molecule has 1 N–H and O–H groups in total. The van der Waals surface area contributed by atoms with Crippen molar-refractivity contribution in [1.82, 2.24) is 10.2 Å². The third-order valence-corrected chi connectivity index (χ3v) is 3.28. The van der Waals surface area contributed by atoms with E-state index in [1.165, 1.54) is 0 Å². The summed E-state index contributed by atoms with van der Waals surface area (Å²) < 4.78 is 1.07. The van der Waals surface area contributed by atoms with Crippen molar-refractivity contribution in [2.75, 3.05) is 19.6 Å². The number of nitrogens with zero attached hydrogens (tertiary/aromatic N) is 1. The SMILES string of the molecule is O=C1CNCCN1Cc1ccccc1Br. The molecule has 1 fully saturated rings. The van der Waals surface area contributed by atoms with Crippen LogP contribution in [0.4, 0.5) is 0 Å². The van der Waals surface area contributed by atoms with E-state index >= 15 is 0 Å². The number of carbonyl (C=O) groups is 1. The van der Waals surface area contributed by atoms with Crippen LogP contribution in [-0.4, -0.2) is 30.4 Å². The number of piperazine rings is 1. The topological polar surface area (TPSA) is 32.3 Å². The number of rotatable bonds is 2. The number of amides is 1. The minimum atomic E-state index is 0.178. The summed E-state index contributed by atoms with van der Waals surface area (Å²) in [4.78, 5) is 13.4. The molecule has 3 nitrogen and oxygen atoms in total. The van der Waals surface area contributed by atoms with Crippen molar-refractivity contribution in [3.05, 3.63) is 34.3 Å². The Morgan fingerprint density at radius 1 is 1.40 bits per heavy atom. The van der Waals surface area contributed by atoms with E-state index < -0.39 is 0 Å². The number of halogens is 1. The third kappa shape index (κ3) is 2.58. The van der Waals surface area contributed by atoms with Gasteiger partial charge in [-0.05, 0) is 11.6 Å². The Kier molecular flexibility index (Phi) is 3.38. The molecule has 4 heteroatoms. The molecule has 0 aliphatic carbocycles. The van der Waals surface area contributed by atoms with Crippen molar-refractivity contribution >= 4 is 21.8 Å². The highest BCUT2D eigenvalue weighted by Crippen LogP contribution is 2.18. The maximum absolute atomic E-state index is 11.6. The molecule has 1 aliphatic heterocycles. The molecule has 0 bridgehead atoms. The molecule has 1 saturated heterocycles. The van der Waals surface area contributed by atoms with Crippen molar-refractivity contribution in [1.29, 1.82) is 0 Å². The summed E-state index contributed by atoms with van der Waals surface area (Å²) >= 11 is 3.49. The van der Waals surface area contributed by atoms with Gasteiger partial charge in [0.15, 0.2) is 0 Å². The van der Waals surface area contributed by atoms with Gasteiger partial charge in [-0.2, -0.15) is 0 Å². The zero-order chi connectivity index (χ0) is 10.7. The lowest BCUT2D eigenvalue weighted by Gasteiger charge is -2.27. The largest absolute Gasteiger partial charge is 0.336 e. The van der Waals surface area contributed by atoms with Crippen LogP contribution in [0.3, 0.4) is 0 Å². The van der Waals surface area contributed by atoms with Gasteiger partial charge >= 0.3 is 0 Å². The van der Waals surface area contributed by atoms with Crippen LogP contribution in [0.25, 0.3) is 0 Å². The fourth-order valence-electron chi connectivity index (χ4n) is 1.65. The second-order valence-corrected chi connectivity index (χ2v) is 4.44. The minimum absolute atomic E-state index is 0.178. The van der Waals surface area contributed by atoms with Crippen molar-refractivity contribution in [3.8, 4) is 0 Å². The smallest absolute Gasteiger partial charge is 0.236 e. The summed E-state index contributed by atoms with van der Waals surface area (Å²) in [6, 6.07) is 8.02. The summed E-state index contributed by atoms with van der Waals surface area (Å²) in [6.07, 6.45) is 0. The van der Waals surface area contributed by atoms with Crippen molar-refractivity contribution in [3.63, 3.8) is 0 Å². The number of carbonyl (C=O) groups excluding carboxylic acids is 1. The van der Waals surface area contributed by atoms with Gasteiger partial charge in [0.05, 0.1) is 6.54 Å². The van der Waals surface area contributed by atoms with Gasteiger partial charge in [-0.15, -0.1) is 0 Å². The monoisotopic (exact) mass is 268 g/mol. The van der Waals surface area contributed by atoms with Gasteiger partial charge in [-0.1, -0.05) is 34.1 Å². The summed E-state index contributed by atoms with van der Waals surface area (Å²) in [5.41, 5.74) is 1.16. The lowest BCUT2D eigenvalue weighted by Crippen LogP contribution is -2.47. The summed E-state index contributed by atoms with van der Waals surface area (Å²) in [7, 11) is 0. The molecule has 2 rings (SSSR count). The minimum Gasteiger partial charge on any atom is -0.336 e. The molecule has 0 saturated carbocycles. The Morgan fingerprint density at radius 2 is 2.20 bits per heavy atom. The second-order valence-electron chi connectivity index (χ2n) is 3.58. The lowest BCUT2D eigenvalue weighted by molar-refractivity contribution is -0.132. The highest BCUT2D eigenvalue weighted by atomic mass is 79.9. The van der Waals surface area contributed by atoms with Gasteiger partial charge in [0.1, 0.15) is 0 Å². The number of hydrogen-bond donors (Lipinski definition) is 1. The molecule has 0 atom stereocenters. The molecule has 0 unspecified atom stereocenters. The molecule has 1 aliphatic rings. The molecule has 0 radical (unpaired) electrons. The van der Waals surface area contributed by atoms with Gasteiger partial charge in [0, 0.05) is 24.1 Å². The van der Waals surface area contributed by atoms with E-state index in [0.717, 1.165) is 23.1 Å². The number of benzene rings is 1. The first kappa shape index (κ1) is 10.6. The fraction of sp³-hybridized carbons (Fsp3) is 0.364. The van der Waals surface area contributed by atoms with Crippen LogP contribution in [0.2, 0.25) is 0 Å². The maximum Gasteiger partial charge on any atom is 0.236 e. The van der Waals surface area contributed by atoms with Gasteiger partial charge in [0.25, 0.3) is 0 Å².